The van der Waals surface area contributed by atoms with Crippen molar-refractivity contribution in [1.82, 2.24) is 5.32 Å². The van der Waals surface area contributed by atoms with E-state index in [4.69, 9.17) is 0 Å². The van der Waals surface area contributed by atoms with Gasteiger partial charge in [-0.1, -0.05) is 29.8 Å². The lowest BCUT2D eigenvalue weighted by Crippen LogP contribution is -2.24. The van der Waals surface area contributed by atoms with E-state index in [2.05, 4.69) is 10.6 Å². The molecule has 22 heavy (non-hydrogen) atoms. The second kappa shape index (κ2) is 6.80. The van der Waals surface area contributed by atoms with E-state index >= 15 is 0 Å². The lowest BCUT2D eigenvalue weighted by atomic mass is 10.1. The van der Waals surface area contributed by atoms with Crippen LogP contribution in [0.5, 0.6) is 0 Å². The Labute approximate surface area is 125 Å². The summed E-state index contributed by atoms with van der Waals surface area (Å²) >= 11 is 0. The van der Waals surface area contributed by atoms with Crippen molar-refractivity contribution in [2.75, 3.05) is 5.32 Å². The smallest absolute Gasteiger partial charge is 0.314 e. The molecule has 2 rings (SSSR count). The van der Waals surface area contributed by atoms with Crippen LogP contribution < -0.4 is 10.6 Å². The maximum atomic E-state index is 13.4. The average Bonchev–Trinajstić information content (AvgIpc) is 2.48. The predicted molar refractivity (Wildman–Crippen MR) is 78.7 cm³/mol. The molecule has 0 heterocycles. The van der Waals surface area contributed by atoms with E-state index in [-0.39, 0.29) is 0 Å². The molecule has 0 aliphatic heterocycles. The topological polar surface area (TPSA) is 41.1 Å². The number of hydrogen-bond donors (Lipinski definition) is 2. The monoisotopic (exact) mass is 306 g/mol. The van der Waals surface area contributed by atoms with Crippen LogP contribution in [0.15, 0.2) is 42.6 Å². The van der Waals surface area contributed by atoms with Gasteiger partial charge in [-0.15, -0.1) is 0 Å². The molecule has 0 unspecified atom stereocenters. The van der Waals surface area contributed by atoms with Crippen molar-refractivity contribution < 1.29 is 18.0 Å². The van der Waals surface area contributed by atoms with Gasteiger partial charge in [0.15, 0.2) is 17.5 Å². The van der Waals surface area contributed by atoms with Gasteiger partial charge in [-0.3, -0.25) is 0 Å². The second-order valence-electron chi connectivity index (χ2n) is 4.57. The number of nitrogens with one attached hydrogen (secondary N) is 2. The second-order valence-corrected chi connectivity index (χ2v) is 4.57. The molecular weight excluding hydrogens is 293 g/mol. The molecule has 2 amide bonds. The van der Waals surface area contributed by atoms with Crippen LogP contribution in [-0.4, -0.2) is 6.03 Å². The fourth-order valence-electron chi connectivity index (χ4n) is 1.77. The van der Waals surface area contributed by atoms with Crippen LogP contribution in [0.2, 0.25) is 0 Å². The molecule has 0 fully saturated rings. The highest BCUT2D eigenvalue weighted by Crippen LogP contribution is 2.19. The molecule has 114 valence electrons. The van der Waals surface area contributed by atoms with E-state index in [0.717, 1.165) is 23.3 Å². The number of benzene rings is 2. The number of carbonyl (C=O) groups is 1. The zero-order valence-electron chi connectivity index (χ0n) is 11.7. The summed E-state index contributed by atoms with van der Waals surface area (Å²) < 4.78 is 39.2. The molecule has 0 atom stereocenters. The van der Waals surface area contributed by atoms with E-state index in [1.807, 2.05) is 31.2 Å². The summed E-state index contributed by atoms with van der Waals surface area (Å²) in [7, 11) is 0. The Kier molecular flexibility index (Phi) is 4.83. The first kappa shape index (κ1) is 15.6. The Balaban J connectivity index is 1.98. The van der Waals surface area contributed by atoms with Crippen LogP contribution in [0.4, 0.5) is 23.7 Å². The van der Waals surface area contributed by atoms with Crippen LogP contribution in [0.1, 0.15) is 11.1 Å². The molecule has 0 saturated carbocycles. The SMILES string of the molecule is Cc1cccc(/C=C/NC(=O)Nc2ccc(F)c(F)c2F)c1. The number of anilines is 1. The third-order valence-electron chi connectivity index (χ3n) is 2.82. The Morgan fingerprint density at radius 3 is 2.59 bits per heavy atom. The van der Waals surface area contributed by atoms with Gasteiger partial charge in [-0.05, 0) is 30.7 Å². The highest BCUT2D eigenvalue weighted by molar-refractivity contribution is 5.90. The summed E-state index contributed by atoms with van der Waals surface area (Å²) in [5.41, 5.74) is 1.50. The first-order valence-electron chi connectivity index (χ1n) is 6.41. The van der Waals surface area contributed by atoms with Gasteiger partial charge in [0.05, 0.1) is 5.69 Å². The summed E-state index contributed by atoms with van der Waals surface area (Å²) in [4.78, 5) is 11.6. The molecule has 2 N–H and O–H groups in total. The quantitative estimate of drug-likeness (QED) is 0.820. The van der Waals surface area contributed by atoms with E-state index in [0.29, 0.717) is 0 Å². The van der Waals surface area contributed by atoms with Crippen LogP contribution in [-0.2, 0) is 0 Å². The summed E-state index contributed by atoms with van der Waals surface area (Å²) in [5.74, 6) is -4.39. The van der Waals surface area contributed by atoms with Crippen molar-refractivity contribution in [3.63, 3.8) is 0 Å². The molecule has 0 aliphatic rings. The van der Waals surface area contributed by atoms with Crippen molar-refractivity contribution in [2.45, 2.75) is 6.92 Å². The van der Waals surface area contributed by atoms with Gasteiger partial charge in [0.2, 0.25) is 0 Å². The van der Waals surface area contributed by atoms with Gasteiger partial charge in [0.25, 0.3) is 0 Å². The van der Waals surface area contributed by atoms with Gasteiger partial charge >= 0.3 is 6.03 Å². The largest absolute Gasteiger partial charge is 0.323 e. The number of amides is 2. The predicted octanol–water partition coefficient (Wildman–Crippen LogP) is 4.20. The first-order chi connectivity index (χ1) is 10.5. The average molecular weight is 306 g/mol. The first-order valence-corrected chi connectivity index (χ1v) is 6.41. The normalized spacial score (nSPS) is 10.7. The minimum absolute atomic E-state index is 0.444. The number of aryl methyl sites for hydroxylation is 1. The fourth-order valence-corrected chi connectivity index (χ4v) is 1.77. The molecule has 0 spiro atoms. The molecule has 2 aromatic rings. The Morgan fingerprint density at radius 2 is 1.86 bits per heavy atom. The van der Waals surface area contributed by atoms with Gasteiger partial charge in [-0.2, -0.15) is 0 Å². The third kappa shape index (κ3) is 3.88. The third-order valence-corrected chi connectivity index (χ3v) is 2.82. The minimum Gasteiger partial charge on any atom is -0.314 e. The van der Waals surface area contributed by atoms with Crippen molar-refractivity contribution >= 4 is 17.8 Å². The highest BCUT2D eigenvalue weighted by atomic mass is 19.2. The van der Waals surface area contributed by atoms with Crippen molar-refractivity contribution in [1.29, 1.82) is 0 Å². The molecule has 0 bridgehead atoms. The Bertz CT molecular complexity index is 729. The molecular formula is C16H13F3N2O. The summed E-state index contributed by atoms with van der Waals surface area (Å²) in [5, 5.41) is 4.44. The number of halogens is 3. The van der Waals surface area contributed by atoms with Gasteiger partial charge in [0, 0.05) is 6.20 Å². The fraction of sp³-hybridized carbons (Fsp3) is 0.0625. The summed E-state index contributed by atoms with van der Waals surface area (Å²) in [6.07, 6.45) is 3.01. The van der Waals surface area contributed by atoms with E-state index in [9.17, 15) is 18.0 Å². The molecule has 0 radical (unpaired) electrons. The zero-order valence-corrected chi connectivity index (χ0v) is 11.7. The standard InChI is InChI=1S/C16H13F3N2O/c1-10-3-2-4-11(9-10)7-8-20-16(22)21-13-6-5-12(17)14(18)15(13)19/h2-9H,1H3,(H2,20,21,22)/b8-7+. The summed E-state index contributed by atoms with van der Waals surface area (Å²) in [6.45, 7) is 1.93. The van der Waals surface area contributed by atoms with E-state index < -0.39 is 29.2 Å². The molecule has 0 saturated heterocycles. The Morgan fingerprint density at radius 1 is 1.09 bits per heavy atom. The molecule has 0 aromatic heterocycles. The maximum Gasteiger partial charge on any atom is 0.323 e. The molecule has 6 heteroatoms. The number of urea groups is 1. The van der Waals surface area contributed by atoms with Crippen molar-refractivity contribution in [3.05, 3.63) is 71.2 Å². The Hall–Kier alpha value is -2.76. The number of rotatable bonds is 3. The van der Waals surface area contributed by atoms with Gasteiger partial charge in [-0.25, -0.2) is 18.0 Å². The van der Waals surface area contributed by atoms with Gasteiger partial charge < -0.3 is 10.6 Å². The molecule has 0 aliphatic carbocycles. The maximum absolute atomic E-state index is 13.4. The zero-order chi connectivity index (χ0) is 16.1. The van der Waals surface area contributed by atoms with Crippen LogP contribution in [0.3, 0.4) is 0 Å². The lowest BCUT2D eigenvalue weighted by molar-refractivity contribution is 0.255. The lowest BCUT2D eigenvalue weighted by Gasteiger charge is -2.06. The molecule has 3 nitrogen and oxygen atoms in total. The number of carbonyl (C=O) groups excluding carboxylic acids is 1. The van der Waals surface area contributed by atoms with Crippen LogP contribution in [0.25, 0.3) is 6.08 Å². The van der Waals surface area contributed by atoms with E-state index in [1.165, 1.54) is 6.20 Å². The van der Waals surface area contributed by atoms with Gasteiger partial charge in [0.1, 0.15) is 0 Å². The number of hydrogen-bond acceptors (Lipinski definition) is 1. The highest BCUT2D eigenvalue weighted by Gasteiger charge is 2.14. The van der Waals surface area contributed by atoms with Crippen LogP contribution >= 0.6 is 0 Å². The van der Waals surface area contributed by atoms with Crippen molar-refractivity contribution in [3.8, 4) is 0 Å². The summed E-state index contributed by atoms with van der Waals surface area (Å²) in [6, 6.07) is 8.46. The van der Waals surface area contributed by atoms with Crippen LogP contribution in [0, 0.1) is 24.4 Å². The molecule has 2 aromatic carbocycles. The van der Waals surface area contributed by atoms with E-state index in [1.54, 1.807) is 6.08 Å². The van der Waals surface area contributed by atoms with Crippen molar-refractivity contribution in [2.24, 2.45) is 0 Å². The minimum atomic E-state index is -1.63.